The fourth-order valence-corrected chi connectivity index (χ4v) is 3.40. The smallest absolute Gasteiger partial charge is 0.453 e. The number of halogens is 7. The topological polar surface area (TPSA) is 70.1 Å². The maximum atomic E-state index is 13.3. The lowest BCUT2D eigenvalue weighted by molar-refractivity contribution is -0.145. The molecule has 0 amide bonds. The summed E-state index contributed by atoms with van der Waals surface area (Å²) in [5.74, 6) is -1.15. The van der Waals surface area contributed by atoms with Crippen LogP contribution < -0.4 is 4.74 Å². The van der Waals surface area contributed by atoms with Crippen LogP contribution in [0.4, 0.5) is 26.3 Å². The number of rotatable bonds is 4. The van der Waals surface area contributed by atoms with Gasteiger partial charge in [-0.3, -0.25) is 0 Å². The Morgan fingerprint density at radius 1 is 1.00 bits per heavy atom. The average molecular weight is 521 g/mol. The van der Waals surface area contributed by atoms with Crippen molar-refractivity contribution in [2.24, 2.45) is 0 Å². The molecule has 0 spiro atoms. The molecule has 0 bridgehead atoms. The van der Waals surface area contributed by atoms with E-state index in [-0.39, 0.29) is 28.3 Å². The van der Waals surface area contributed by atoms with E-state index in [4.69, 9.17) is 4.74 Å². The Bertz CT molecular complexity index is 1280. The Morgan fingerprint density at radius 3 is 2.28 bits per heavy atom. The molecule has 0 aliphatic carbocycles. The minimum atomic E-state index is -4.84. The Hall–Kier alpha value is -3.16. The van der Waals surface area contributed by atoms with E-state index in [0.717, 1.165) is 15.3 Å². The molecule has 0 aliphatic heterocycles. The number of aromatic nitrogens is 6. The summed E-state index contributed by atoms with van der Waals surface area (Å²) in [6.07, 6.45) is -8.91. The highest BCUT2D eigenvalue weighted by atomic mass is 79.9. The van der Waals surface area contributed by atoms with E-state index >= 15 is 0 Å². The van der Waals surface area contributed by atoms with Crippen molar-refractivity contribution in [2.75, 3.05) is 7.11 Å². The van der Waals surface area contributed by atoms with E-state index in [0.29, 0.717) is 17.5 Å². The van der Waals surface area contributed by atoms with Crippen LogP contribution >= 0.6 is 15.9 Å². The van der Waals surface area contributed by atoms with E-state index in [1.165, 1.54) is 7.11 Å². The molecule has 3 aromatic heterocycles. The van der Waals surface area contributed by atoms with Gasteiger partial charge in [0.05, 0.1) is 25.4 Å². The van der Waals surface area contributed by atoms with Crippen molar-refractivity contribution in [3.05, 3.63) is 58.1 Å². The lowest BCUT2D eigenvalue weighted by Crippen LogP contribution is -2.09. The zero-order valence-corrected chi connectivity index (χ0v) is 17.5. The predicted octanol–water partition coefficient (Wildman–Crippen LogP) is 4.84. The zero-order valence-electron chi connectivity index (χ0n) is 15.9. The fourth-order valence-electron chi connectivity index (χ4n) is 2.86. The predicted molar refractivity (Wildman–Crippen MR) is 102 cm³/mol. The number of hydrogen-bond acceptors (Lipinski definition) is 5. The highest BCUT2D eigenvalue weighted by Gasteiger charge is 2.38. The second kappa shape index (κ2) is 7.76. The molecule has 0 N–H and O–H groups in total. The SMILES string of the molecule is COc1ccc(Cn2nc(C(F)(F)F)nc2-c2nc3cc(C(F)(F)F)cnn3c2Br)cc1. The van der Waals surface area contributed by atoms with Crippen molar-refractivity contribution in [1.82, 2.24) is 29.4 Å². The monoisotopic (exact) mass is 520 g/mol. The third kappa shape index (κ3) is 4.13. The van der Waals surface area contributed by atoms with E-state index in [1.807, 2.05) is 0 Å². The van der Waals surface area contributed by atoms with Crippen LogP contribution in [0.1, 0.15) is 17.0 Å². The molecule has 0 fully saturated rings. The summed E-state index contributed by atoms with van der Waals surface area (Å²) in [6, 6.07) is 7.25. The summed E-state index contributed by atoms with van der Waals surface area (Å²) >= 11 is 3.14. The van der Waals surface area contributed by atoms with Crippen LogP contribution in [0.15, 0.2) is 41.1 Å². The highest BCUT2D eigenvalue weighted by Crippen LogP contribution is 2.34. The average Bonchev–Trinajstić information content (AvgIpc) is 3.28. The van der Waals surface area contributed by atoms with Gasteiger partial charge >= 0.3 is 12.4 Å². The van der Waals surface area contributed by atoms with Gasteiger partial charge in [0.1, 0.15) is 16.0 Å². The Morgan fingerprint density at radius 2 is 1.69 bits per heavy atom. The standard InChI is InChI=1S/C18H11BrF6N6O/c1-32-11-4-2-9(3-5-11)8-30-15(28-16(29-30)18(23,24)25)13-14(19)31-12(27-13)6-10(7-26-31)17(20,21)22/h2-7H,8H2,1H3. The number of imidazole rings is 1. The molecule has 14 heteroatoms. The first-order valence-electron chi connectivity index (χ1n) is 8.74. The molecule has 0 aliphatic rings. The van der Waals surface area contributed by atoms with Gasteiger partial charge in [-0.25, -0.2) is 19.2 Å². The van der Waals surface area contributed by atoms with Crippen LogP contribution in [0.25, 0.3) is 17.2 Å². The van der Waals surface area contributed by atoms with Crippen LogP contribution in [0.2, 0.25) is 0 Å². The first kappa shape index (κ1) is 22.0. The molecule has 0 saturated carbocycles. The van der Waals surface area contributed by atoms with Crippen LogP contribution in [-0.2, 0) is 18.9 Å². The number of benzene rings is 1. The quantitative estimate of drug-likeness (QED) is 0.360. The summed E-state index contributed by atoms with van der Waals surface area (Å²) < 4.78 is 85.9. The lowest BCUT2D eigenvalue weighted by Gasteiger charge is -2.06. The number of ether oxygens (including phenoxy) is 1. The van der Waals surface area contributed by atoms with Gasteiger partial charge in [-0.15, -0.1) is 5.10 Å². The highest BCUT2D eigenvalue weighted by molar-refractivity contribution is 9.10. The molecule has 3 heterocycles. The molecule has 4 rings (SSSR count). The summed E-state index contributed by atoms with van der Waals surface area (Å²) in [5, 5.41) is 7.22. The fraction of sp³-hybridized carbons (Fsp3) is 0.222. The van der Waals surface area contributed by atoms with Gasteiger partial charge in [-0.05, 0) is 39.7 Å². The summed E-state index contributed by atoms with van der Waals surface area (Å²) in [5.41, 5.74) is -0.838. The molecule has 0 radical (unpaired) electrons. The maximum absolute atomic E-state index is 13.3. The maximum Gasteiger partial charge on any atom is 0.453 e. The second-order valence-corrected chi connectivity index (χ2v) is 7.28. The molecule has 0 saturated heterocycles. The minimum Gasteiger partial charge on any atom is -0.497 e. The van der Waals surface area contributed by atoms with Crippen molar-refractivity contribution in [1.29, 1.82) is 0 Å². The van der Waals surface area contributed by atoms with Crippen molar-refractivity contribution in [3.63, 3.8) is 0 Å². The van der Waals surface area contributed by atoms with E-state index in [1.54, 1.807) is 24.3 Å². The van der Waals surface area contributed by atoms with E-state index in [9.17, 15) is 26.3 Å². The number of nitrogens with zero attached hydrogens (tertiary/aromatic N) is 6. The van der Waals surface area contributed by atoms with Crippen LogP contribution in [-0.4, -0.2) is 36.5 Å². The van der Waals surface area contributed by atoms with Gasteiger partial charge in [0, 0.05) is 0 Å². The molecule has 32 heavy (non-hydrogen) atoms. The minimum absolute atomic E-state index is 0.0262. The van der Waals surface area contributed by atoms with Crippen molar-refractivity contribution in [3.8, 4) is 17.3 Å². The Kier molecular flexibility index (Phi) is 5.35. The third-order valence-corrected chi connectivity index (χ3v) is 5.09. The molecule has 4 aromatic rings. The normalized spacial score (nSPS) is 12.5. The number of fused-ring (bicyclic) bond motifs is 1. The third-order valence-electron chi connectivity index (χ3n) is 4.38. The largest absolute Gasteiger partial charge is 0.497 e. The Labute approximate surface area is 183 Å². The summed E-state index contributed by atoms with van der Waals surface area (Å²) in [7, 11) is 1.47. The van der Waals surface area contributed by atoms with Crippen molar-refractivity contribution < 1.29 is 31.1 Å². The van der Waals surface area contributed by atoms with Crippen molar-refractivity contribution in [2.45, 2.75) is 18.9 Å². The molecule has 168 valence electrons. The number of alkyl halides is 6. The molecular weight excluding hydrogens is 510 g/mol. The first-order chi connectivity index (χ1) is 15.0. The van der Waals surface area contributed by atoms with Gasteiger partial charge in [0.2, 0.25) is 0 Å². The molecule has 1 aromatic carbocycles. The van der Waals surface area contributed by atoms with Gasteiger partial charge in [0.15, 0.2) is 11.5 Å². The first-order valence-corrected chi connectivity index (χ1v) is 9.53. The molecular formula is C18H11BrF6N6O. The van der Waals surface area contributed by atoms with E-state index < -0.39 is 23.7 Å². The van der Waals surface area contributed by atoms with Gasteiger partial charge < -0.3 is 4.74 Å². The lowest BCUT2D eigenvalue weighted by atomic mass is 10.2. The van der Waals surface area contributed by atoms with Gasteiger partial charge in [-0.2, -0.15) is 31.4 Å². The Balaban J connectivity index is 1.83. The van der Waals surface area contributed by atoms with Crippen LogP contribution in [0.3, 0.4) is 0 Å². The zero-order chi connectivity index (χ0) is 23.3. The van der Waals surface area contributed by atoms with Crippen LogP contribution in [0, 0.1) is 0 Å². The van der Waals surface area contributed by atoms with Gasteiger partial charge in [-0.1, -0.05) is 12.1 Å². The molecule has 0 unspecified atom stereocenters. The van der Waals surface area contributed by atoms with Gasteiger partial charge in [0.25, 0.3) is 5.82 Å². The summed E-state index contributed by atoms with van der Waals surface area (Å²) in [4.78, 5) is 7.58. The number of hydrogen-bond donors (Lipinski definition) is 0. The van der Waals surface area contributed by atoms with Crippen LogP contribution in [0.5, 0.6) is 5.75 Å². The molecule has 7 nitrogen and oxygen atoms in total. The number of methoxy groups -OCH3 is 1. The van der Waals surface area contributed by atoms with Crippen molar-refractivity contribution >= 4 is 21.6 Å². The summed E-state index contributed by atoms with van der Waals surface area (Å²) in [6.45, 7) is -0.107. The second-order valence-electron chi connectivity index (χ2n) is 6.53. The van der Waals surface area contributed by atoms with E-state index in [2.05, 4.69) is 36.1 Å². The molecule has 0 atom stereocenters.